The number of carbonyl (C=O) groups is 1. The lowest BCUT2D eigenvalue weighted by atomic mass is 9.98. The van der Waals surface area contributed by atoms with Crippen LogP contribution in [-0.4, -0.2) is 27.7 Å². The molecule has 1 amide bonds. The molecule has 1 rings (SSSR count). The first-order valence-corrected chi connectivity index (χ1v) is 6.15. The number of nitrogens with zero attached hydrogens (tertiary/aromatic N) is 1. The normalized spacial score (nSPS) is 11.3. The second kappa shape index (κ2) is 6.35. The predicted octanol–water partition coefficient (Wildman–Crippen LogP) is 0.516. The molecule has 0 aliphatic rings. The van der Waals surface area contributed by atoms with Crippen LogP contribution in [0.4, 0.5) is 0 Å². The van der Waals surface area contributed by atoms with Gasteiger partial charge < -0.3 is 15.0 Å². The standard InChI is InChI=1S/C13H20N2O3/c1-3-13(18,4-2)10-14-11(16)9-15-8-6-5-7-12(15)17/h5-8,18H,3-4,9-10H2,1-2H3,(H,14,16). The molecule has 0 saturated heterocycles. The average Bonchev–Trinajstić information content (AvgIpc) is 2.39. The lowest BCUT2D eigenvalue weighted by molar-refractivity contribution is -0.123. The van der Waals surface area contributed by atoms with Crippen LogP contribution in [0.5, 0.6) is 0 Å². The van der Waals surface area contributed by atoms with Crippen molar-refractivity contribution in [2.75, 3.05) is 6.54 Å². The molecule has 5 nitrogen and oxygen atoms in total. The van der Waals surface area contributed by atoms with Crippen molar-refractivity contribution in [1.82, 2.24) is 9.88 Å². The minimum absolute atomic E-state index is 0.0246. The molecule has 0 saturated carbocycles. The molecule has 0 fully saturated rings. The molecule has 0 aromatic carbocycles. The monoisotopic (exact) mass is 252 g/mol. The van der Waals surface area contributed by atoms with Crippen LogP contribution in [0.15, 0.2) is 29.2 Å². The third-order valence-electron chi connectivity index (χ3n) is 3.14. The zero-order chi connectivity index (χ0) is 13.6. The third kappa shape index (κ3) is 4.00. The van der Waals surface area contributed by atoms with E-state index in [9.17, 15) is 14.7 Å². The number of carbonyl (C=O) groups excluding carboxylic acids is 1. The van der Waals surface area contributed by atoms with E-state index in [1.165, 1.54) is 10.6 Å². The Balaban J connectivity index is 2.53. The van der Waals surface area contributed by atoms with Crippen molar-refractivity contribution < 1.29 is 9.90 Å². The van der Waals surface area contributed by atoms with Gasteiger partial charge in [0.15, 0.2) is 0 Å². The Kier molecular flexibility index (Phi) is 5.09. The van der Waals surface area contributed by atoms with Gasteiger partial charge in [0.2, 0.25) is 5.91 Å². The summed E-state index contributed by atoms with van der Waals surface area (Å²) in [5.74, 6) is -0.274. The van der Waals surface area contributed by atoms with E-state index in [-0.39, 0.29) is 24.6 Å². The smallest absolute Gasteiger partial charge is 0.250 e. The van der Waals surface area contributed by atoms with E-state index in [1.807, 2.05) is 13.8 Å². The zero-order valence-corrected chi connectivity index (χ0v) is 10.8. The predicted molar refractivity (Wildman–Crippen MR) is 69.2 cm³/mol. The van der Waals surface area contributed by atoms with Crippen LogP contribution in [-0.2, 0) is 11.3 Å². The Bertz CT molecular complexity index is 450. The largest absolute Gasteiger partial charge is 0.388 e. The topological polar surface area (TPSA) is 71.3 Å². The van der Waals surface area contributed by atoms with E-state index in [2.05, 4.69) is 5.32 Å². The number of pyridine rings is 1. The summed E-state index contributed by atoms with van der Waals surface area (Å²) in [6.07, 6.45) is 2.72. The lowest BCUT2D eigenvalue weighted by Crippen LogP contribution is -2.43. The van der Waals surface area contributed by atoms with Gasteiger partial charge in [0.1, 0.15) is 6.54 Å². The molecule has 1 aromatic heterocycles. The van der Waals surface area contributed by atoms with Gasteiger partial charge in [-0.1, -0.05) is 19.9 Å². The molecule has 0 atom stereocenters. The fraction of sp³-hybridized carbons (Fsp3) is 0.538. The Morgan fingerprint density at radius 1 is 1.39 bits per heavy atom. The number of aromatic nitrogens is 1. The number of amides is 1. The van der Waals surface area contributed by atoms with Gasteiger partial charge in [-0.3, -0.25) is 9.59 Å². The summed E-state index contributed by atoms with van der Waals surface area (Å²) < 4.78 is 1.33. The van der Waals surface area contributed by atoms with Crippen LogP contribution < -0.4 is 10.9 Å². The molecular weight excluding hydrogens is 232 g/mol. The summed E-state index contributed by atoms with van der Waals surface area (Å²) in [6, 6.07) is 4.73. The molecule has 0 aliphatic heterocycles. The number of rotatable bonds is 6. The highest BCUT2D eigenvalue weighted by atomic mass is 16.3. The molecule has 18 heavy (non-hydrogen) atoms. The van der Waals surface area contributed by atoms with Crippen molar-refractivity contribution in [2.45, 2.75) is 38.8 Å². The van der Waals surface area contributed by atoms with E-state index >= 15 is 0 Å². The first kappa shape index (κ1) is 14.4. The second-order valence-corrected chi connectivity index (χ2v) is 4.37. The van der Waals surface area contributed by atoms with Crippen LogP contribution in [0.2, 0.25) is 0 Å². The summed E-state index contributed by atoms with van der Waals surface area (Å²) in [6.45, 7) is 3.93. The molecule has 1 aromatic rings. The van der Waals surface area contributed by atoms with Crippen molar-refractivity contribution in [3.8, 4) is 0 Å². The molecule has 0 radical (unpaired) electrons. The van der Waals surface area contributed by atoms with Gasteiger partial charge in [-0.15, -0.1) is 0 Å². The second-order valence-electron chi connectivity index (χ2n) is 4.37. The number of aliphatic hydroxyl groups is 1. The van der Waals surface area contributed by atoms with Crippen LogP contribution in [0.25, 0.3) is 0 Å². The van der Waals surface area contributed by atoms with Gasteiger partial charge in [-0.25, -0.2) is 0 Å². The fourth-order valence-electron chi connectivity index (χ4n) is 1.57. The Hall–Kier alpha value is -1.62. The van der Waals surface area contributed by atoms with E-state index in [0.717, 1.165) is 0 Å². The van der Waals surface area contributed by atoms with Crippen LogP contribution in [0, 0.1) is 0 Å². The molecule has 0 bridgehead atoms. The molecule has 0 spiro atoms. The minimum atomic E-state index is -0.864. The summed E-state index contributed by atoms with van der Waals surface area (Å²) >= 11 is 0. The summed E-state index contributed by atoms with van der Waals surface area (Å²) in [4.78, 5) is 23.1. The minimum Gasteiger partial charge on any atom is -0.388 e. The molecule has 2 N–H and O–H groups in total. The summed E-state index contributed by atoms with van der Waals surface area (Å²) in [7, 11) is 0. The van der Waals surface area contributed by atoms with E-state index in [1.54, 1.807) is 18.3 Å². The maximum atomic E-state index is 11.7. The third-order valence-corrected chi connectivity index (χ3v) is 3.14. The number of nitrogens with one attached hydrogen (secondary N) is 1. The van der Waals surface area contributed by atoms with Crippen molar-refractivity contribution in [1.29, 1.82) is 0 Å². The van der Waals surface area contributed by atoms with Gasteiger partial charge in [0, 0.05) is 18.8 Å². The van der Waals surface area contributed by atoms with E-state index < -0.39 is 5.60 Å². The number of hydrogen-bond acceptors (Lipinski definition) is 3. The average molecular weight is 252 g/mol. The highest BCUT2D eigenvalue weighted by Gasteiger charge is 2.22. The zero-order valence-electron chi connectivity index (χ0n) is 10.8. The molecule has 0 unspecified atom stereocenters. The molecule has 0 aliphatic carbocycles. The van der Waals surface area contributed by atoms with E-state index in [4.69, 9.17) is 0 Å². The van der Waals surface area contributed by atoms with Gasteiger partial charge >= 0.3 is 0 Å². The molecule has 100 valence electrons. The first-order valence-electron chi connectivity index (χ1n) is 6.15. The highest BCUT2D eigenvalue weighted by molar-refractivity contribution is 5.75. The van der Waals surface area contributed by atoms with Crippen molar-refractivity contribution in [2.24, 2.45) is 0 Å². The summed E-state index contributed by atoms with van der Waals surface area (Å²) in [5.41, 5.74) is -1.08. The first-order chi connectivity index (χ1) is 8.50. The Morgan fingerprint density at radius 3 is 2.61 bits per heavy atom. The number of hydrogen-bond donors (Lipinski definition) is 2. The lowest BCUT2D eigenvalue weighted by Gasteiger charge is -2.25. The van der Waals surface area contributed by atoms with Crippen LogP contribution in [0.3, 0.4) is 0 Å². The Morgan fingerprint density at radius 2 is 2.06 bits per heavy atom. The van der Waals surface area contributed by atoms with Gasteiger partial charge in [0.25, 0.3) is 5.56 Å². The van der Waals surface area contributed by atoms with Crippen LogP contribution >= 0.6 is 0 Å². The molecule has 5 heteroatoms. The van der Waals surface area contributed by atoms with E-state index in [0.29, 0.717) is 12.8 Å². The maximum absolute atomic E-state index is 11.7. The van der Waals surface area contributed by atoms with Crippen molar-refractivity contribution in [3.05, 3.63) is 34.7 Å². The Labute approximate surface area is 106 Å². The van der Waals surface area contributed by atoms with Gasteiger partial charge in [-0.2, -0.15) is 0 Å². The van der Waals surface area contributed by atoms with Gasteiger partial charge in [0.05, 0.1) is 5.60 Å². The van der Waals surface area contributed by atoms with Crippen LogP contribution in [0.1, 0.15) is 26.7 Å². The molecule has 1 heterocycles. The summed E-state index contributed by atoms with van der Waals surface area (Å²) in [5, 5.41) is 12.7. The fourth-order valence-corrected chi connectivity index (χ4v) is 1.57. The quantitative estimate of drug-likeness (QED) is 0.775. The van der Waals surface area contributed by atoms with Gasteiger partial charge in [-0.05, 0) is 18.9 Å². The highest BCUT2D eigenvalue weighted by Crippen LogP contribution is 2.12. The van der Waals surface area contributed by atoms with Crippen molar-refractivity contribution >= 4 is 5.91 Å². The molecular formula is C13H20N2O3. The SMILES string of the molecule is CCC(O)(CC)CNC(=O)Cn1ccccc1=O. The maximum Gasteiger partial charge on any atom is 0.250 e. The van der Waals surface area contributed by atoms with Crippen molar-refractivity contribution in [3.63, 3.8) is 0 Å².